The molecule has 1 heterocycles. The number of benzene rings is 1. The van der Waals surface area contributed by atoms with Crippen LogP contribution in [0.2, 0.25) is 0 Å². The van der Waals surface area contributed by atoms with Gasteiger partial charge >= 0.3 is 0 Å². The monoisotopic (exact) mass is 247 g/mol. The Bertz CT molecular complexity index is 561. The summed E-state index contributed by atoms with van der Waals surface area (Å²) in [6.45, 7) is 1.96. The van der Waals surface area contributed by atoms with E-state index in [9.17, 15) is 0 Å². The number of hydrogen-bond acceptors (Lipinski definition) is 4. The normalized spacial score (nSPS) is 10.2. The number of aromatic nitrogens is 1. The summed E-state index contributed by atoms with van der Waals surface area (Å²) in [4.78, 5) is 4.32. The van der Waals surface area contributed by atoms with Crippen LogP contribution >= 0.6 is 11.3 Å². The minimum absolute atomic E-state index is 0.116. The van der Waals surface area contributed by atoms with E-state index in [0.29, 0.717) is 5.13 Å². The van der Waals surface area contributed by atoms with Crippen LogP contribution in [0.5, 0.6) is 0 Å². The van der Waals surface area contributed by atoms with Crippen molar-refractivity contribution in [2.24, 2.45) is 5.73 Å². The molecule has 0 aliphatic carbocycles. The van der Waals surface area contributed by atoms with Gasteiger partial charge in [0, 0.05) is 16.6 Å². The highest BCUT2D eigenvalue weighted by Gasteiger charge is 2.06. The van der Waals surface area contributed by atoms with Crippen LogP contribution in [0.1, 0.15) is 5.56 Å². The molecule has 1 aromatic heterocycles. The smallest absolute Gasteiger partial charge is 0.192 e. The van der Waals surface area contributed by atoms with Gasteiger partial charge in [-0.05, 0) is 18.6 Å². The zero-order chi connectivity index (χ0) is 12.4. The summed E-state index contributed by atoms with van der Waals surface area (Å²) in [6, 6.07) is 5.82. The molecule has 0 bridgehead atoms. The van der Waals surface area contributed by atoms with Gasteiger partial charge in [-0.2, -0.15) is 0 Å². The molecule has 0 saturated carbocycles. The van der Waals surface area contributed by atoms with Crippen LogP contribution in [-0.4, -0.2) is 10.9 Å². The van der Waals surface area contributed by atoms with Crippen molar-refractivity contribution in [2.75, 3.05) is 11.1 Å². The quantitative estimate of drug-likeness (QED) is 0.370. The van der Waals surface area contributed by atoms with Crippen LogP contribution in [0, 0.1) is 12.3 Å². The van der Waals surface area contributed by atoms with Crippen LogP contribution in [0.25, 0.3) is 11.3 Å². The topological polar surface area (TPSA) is 101 Å². The Labute approximate surface area is 103 Å². The summed E-state index contributed by atoms with van der Waals surface area (Å²) in [7, 11) is 0. The van der Waals surface area contributed by atoms with Crippen molar-refractivity contribution in [2.45, 2.75) is 6.92 Å². The largest absolute Gasteiger partial charge is 0.398 e. The maximum absolute atomic E-state index is 7.12. The second-order valence-electron chi connectivity index (χ2n) is 3.65. The maximum atomic E-state index is 7.12. The molecule has 5 nitrogen and oxygen atoms in total. The second-order valence-corrected chi connectivity index (χ2v) is 4.51. The van der Waals surface area contributed by atoms with Gasteiger partial charge in [-0.25, -0.2) is 4.98 Å². The molecule has 0 unspecified atom stereocenters. The van der Waals surface area contributed by atoms with E-state index in [1.54, 1.807) is 0 Å². The fourth-order valence-corrected chi connectivity index (χ4v) is 2.11. The fraction of sp³-hybridized carbons (Fsp3) is 0.0909. The van der Waals surface area contributed by atoms with Crippen molar-refractivity contribution in [1.82, 2.24) is 4.98 Å². The minimum atomic E-state index is -0.116. The number of guanidine groups is 1. The minimum Gasteiger partial charge on any atom is -0.398 e. The van der Waals surface area contributed by atoms with Gasteiger partial charge < -0.3 is 16.8 Å². The third-order valence-corrected chi connectivity index (χ3v) is 3.08. The highest BCUT2D eigenvalue weighted by atomic mass is 32.1. The Morgan fingerprint density at radius 1 is 1.47 bits per heavy atom. The lowest BCUT2D eigenvalue weighted by Gasteiger charge is -2.02. The number of nitrogens with zero attached hydrogens (tertiary/aromatic N) is 1. The fourth-order valence-electron chi connectivity index (χ4n) is 1.38. The van der Waals surface area contributed by atoms with E-state index in [2.05, 4.69) is 10.3 Å². The molecule has 2 rings (SSSR count). The van der Waals surface area contributed by atoms with E-state index in [-0.39, 0.29) is 5.96 Å². The molecule has 1 aromatic carbocycles. The molecule has 88 valence electrons. The first kappa shape index (κ1) is 11.4. The summed E-state index contributed by atoms with van der Waals surface area (Å²) < 4.78 is 0. The second kappa shape index (κ2) is 4.42. The Balaban J connectivity index is 2.30. The molecule has 0 atom stereocenters. The Morgan fingerprint density at radius 3 is 2.88 bits per heavy atom. The SMILES string of the molecule is Cc1ccc(-c2csc(NC(=N)N)n2)cc1N. The van der Waals surface area contributed by atoms with Crippen LogP contribution in [-0.2, 0) is 0 Å². The molecule has 6 heteroatoms. The molecule has 0 radical (unpaired) electrons. The van der Waals surface area contributed by atoms with E-state index in [0.717, 1.165) is 22.5 Å². The van der Waals surface area contributed by atoms with E-state index in [1.807, 2.05) is 30.5 Å². The van der Waals surface area contributed by atoms with Gasteiger partial charge in [0.1, 0.15) is 0 Å². The molecule has 0 spiro atoms. The van der Waals surface area contributed by atoms with Gasteiger partial charge in [-0.3, -0.25) is 5.41 Å². The number of hydrogen-bond donors (Lipinski definition) is 4. The van der Waals surface area contributed by atoms with E-state index < -0.39 is 0 Å². The van der Waals surface area contributed by atoms with Crippen molar-refractivity contribution in [3.05, 3.63) is 29.1 Å². The van der Waals surface area contributed by atoms with Crippen LogP contribution in [0.15, 0.2) is 23.6 Å². The average molecular weight is 247 g/mol. The molecule has 0 aliphatic rings. The van der Waals surface area contributed by atoms with Crippen molar-refractivity contribution in [1.29, 1.82) is 5.41 Å². The number of nitrogens with one attached hydrogen (secondary N) is 2. The maximum Gasteiger partial charge on any atom is 0.192 e. The predicted octanol–water partition coefficient (Wildman–Crippen LogP) is 2.01. The van der Waals surface area contributed by atoms with Gasteiger partial charge in [-0.15, -0.1) is 11.3 Å². The average Bonchev–Trinajstić information content (AvgIpc) is 2.69. The highest BCUT2D eigenvalue weighted by molar-refractivity contribution is 7.14. The van der Waals surface area contributed by atoms with Crippen LogP contribution in [0.4, 0.5) is 10.8 Å². The van der Waals surface area contributed by atoms with Crippen molar-refractivity contribution >= 4 is 28.1 Å². The first-order valence-corrected chi connectivity index (χ1v) is 5.87. The summed E-state index contributed by atoms with van der Waals surface area (Å²) >= 11 is 1.40. The zero-order valence-electron chi connectivity index (χ0n) is 9.32. The summed E-state index contributed by atoms with van der Waals surface area (Å²) in [5.41, 5.74) is 14.7. The molecular formula is C11H13N5S. The molecular weight excluding hydrogens is 234 g/mol. The third-order valence-electron chi connectivity index (χ3n) is 2.32. The van der Waals surface area contributed by atoms with Gasteiger partial charge in [-0.1, -0.05) is 12.1 Å². The predicted molar refractivity (Wildman–Crippen MR) is 72.2 cm³/mol. The number of thiazole rings is 1. The van der Waals surface area contributed by atoms with Crippen LogP contribution < -0.4 is 16.8 Å². The lowest BCUT2D eigenvalue weighted by atomic mass is 10.1. The number of rotatable bonds is 2. The molecule has 6 N–H and O–H groups in total. The van der Waals surface area contributed by atoms with Gasteiger partial charge in [0.05, 0.1) is 5.69 Å². The summed E-state index contributed by atoms with van der Waals surface area (Å²) in [5.74, 6) is -0.116. The van der Waals surface area contributed by atoms with Gasteiger partial charge in [0.15, 0.2) is 11.1 Å². The lowest BCUT2D eigenvalue weighted by Crippen LogP contribution is -2.20. The first-order valence-electron chi connectivity index (χ1n) is 4.99. The van der Waals surface area contributed by atoms with Gasteiger partial charge in [0.2, 0.25) is 0 Å². The highest BCUT2D eigenvalue weighted by Crippen LogP contribution is 2.27. The third kappa shape index (κ3) is 2.54. The molecule has 0 amide bonds. The van der Waals surface area contributed by atoms with Crippen LogP contribution in [0.3, 0.4) is 0 Å². The molecule has 0 fully saturated rings. The zero-order valence-corrected chi connectivity index (χ0v) is 10.1. The molecule has 0 aliphatic heterocycles. The lowest BCUT2D eigenvalue weighted by molar-refractivity contribution is 1.35. The van der Waals surface area contributed by atoms with E-state index in [4.69, 9.17) is 16.9 Å². The van der Waals surface area contributed by atoms with Crippen molar-refractivity contribution in [3.8, 4) is 11.3 Å². The Hall–Kier alpha value is -2.08. The van der Waals surface area contributed by atoms with Crippen molar-refractivity contribution in [3.63, 3.8) is 0 Å². The number of aryl methyl sites for hydroxylation is 1. The van der Waals surface area contributed by atoms with E-state index in [1.165, 1.54) is 11.3 Å². The summed E-state index contributed by atoms with van der Waals surface area (Å²) in [6.07, 6.45) is 0. The number of nitrogens with two attached hydrogens (primary N) is 2. The first-order chi connectivity index (χ1) is 8.06. The Morgan fingerprint density at radius 2 is 2.24 bits per heavy atom. The Kier molecular flexibility index (Phi) is 2.97. The number of nitrogen functional groups attached to an aromatic ring is 1. The number of anilines is 2. The van der Waals surface area contributed by atoms with Crippen molar-refractivity contribution < 1.29 is 0 Å². The van der Waals surface area contributed by atoms with E-state index >= 15 is 0 Å². The standard InChI is InChI=1S/C11H13N5S/c1-6-2-3-7(4-8(6)12)9-5-17-11(15-9)16-10(13)14/h2-5H,12H2,1H3,(H4,13,14,15,16). The molecule has 2 aromatic rings. The summed E-state index contributed by atoms with van der Waals surface area (Å²) in [5, 5.41) is 12.3. The van der Waals surface area contributed by atoms with Gasteiger partial charge in [0.25, 0.3) is 0 Å². The molecule has 17 heavy (non-hydrogen) atoms. The molecule has 0 saturated heterocycles.